The van der Waals surface area contributed by atoms with Crippen molar-refractivity contribution in [2.45, 2.75) is 6.92 Å². The number of benzene rings is 1. The molecule has 1 aliphatic rings. The van der Waals surface area contributed by atoms with Crippen molar-refractivity contribution in [3.8, 4) is 0 Å². The second-order valence-corrected chi connectivity index (χ2v) is 5.01. The number of fused-ring (bicyclic) bond motifs is 1. The van der Waals surface area contributed by atoms with Crippen molar-refractivity contribution in [3.05, 3.63) is 24.3 Å². The molecular weight excluding hydrogens is 268 g/mol. The van der Waals surface area contributed by atoms with E-state index < -0.39 is 0 Å². The fraction of sp³-hybridized carbons (Fsp3) is 0.625. The molecule has 1 aliphatic heterocycles. The van der Waals surface area contributed by atoms with Crippen LogP contribution in [0.5, 0.6) is 0 Å². The third-order valence-electron chi connectivity index (χ3n) is 3.47. The molecule has 5 heteroatoms. The zero-order valence-corrected chi connectivity index (χ0v) is 13.1. The highest BCUT2D eigenvalue weighted by Crippen LogP contribution is 2.33. The van der Waals surface area contributed by atoms with E-state index in [9.17, 15) is 0 Å². The van der Waals surface area contributed by atoms with Crippen LogP contribution in [-0.2, 0) is 14.2 Å². The molecule has 1 heterocycles. The van der Waals surface area contributed by atoms with E-state index in [0.717, 1.165) is 26.4 Å². The van der Waals surface area contributed by atoms with Crippen molar-refractivity contribution in [1.82, 2.24) is 0 Å². The van der Waals surface area contributed by atoms with Crippen LogP contribution in [0.15, 0.2) is 24.3 Å². The smallest absolute Gasteiger partial charge is 0.0902 e. The van der Waals surface area contributed by atoms with Crippen molar-refractivity contribution in [2.24, 2.45) is 0 Å². The highest BCUT2D eigenvalue weighted by molar-refractivity contribution is 5.75. The lowest BCUT2D eigenvalue weighted by Crippen LogP contribution is -2.31. The number of ether oxygens (including phenoxy) is 3. The Morgan fingerprint density at radius 1 is 0.905 bits per heavy atom. The van der Waals surface area contributed by atoms with Gasteiger partial charge in [-0.05, 0) is 19.1 Å². The Balaban J connectivity index is 1.56. The summed E-state index contributed by atoms with van der Waals surface area (Å²) < 4.78 is 16.2. The van der Waals surface area contributed by atoms with Gasteiger partial charge >= 0.3 is 0 Å². The first-order chi connectivity index (χ1) is 10.3. The maximum Gasteiger partial charge on any atom is 0.0902 e. The molecule has 0 fully saturated rings. The molecule has 0 radical (unpaired) electrons. The van der Waals surface area contributed by atoms with Gasteiger partial charge in [-0.25, -0.2) is 0 Å². The lowest BCUT2D eigenvalue weighted by Gasteiger charge is -2.19. The summed E-state index contributed by atoms with van der Waals surface area (Å²) in [5, 5.41) is 0. The van der Waals surface area contributed by atoms with Gasteiger partial charge in [0.1, 0.15) is 0 Å². The van der Waals surface area contributed by atoms with Gasteiger partial charge in [0.2, 0.25) is 0 Å². The molecule has 0 aliphatic carbocycles. The molecule has 0 aromatic heterocycles. The molecule has 2 rings (SSSR count). The molecule has 0 bridgehead atoms. The van der Waals surface area contributed by atoms with Crippen LogP contribution in [0.1, 0.15) is 6.92 Å². The minimum absolute atomic E-state index is 0.629. The Morgan fingerprint density at radius 3 is 2.24 bits per heavy atom. The summed E-state index contributed by atoms with van der Waals surface area (Å²) >= 11 is 0. The number of para-hydroxylation sites is 2. The average Bonchev–Trinajstić information content (AvgIpc) is 2.83. The molecule has 21 heavy (non-hydrogen) atoms. The standard InChI is InChI=1S/C16H26N2O3/c1-3-19-10-11-21-13-12-20-9-8-18-14-17(2)15-6-4-5-7-16(15)18/h4-7H,3,8-14H2,1-2H3. The summed E-state index contributed by atoms with van der Waals surface area (Å²) in [4.78, 5) is 4.59. The fourth-order valence-corrected chi connectivity index (χ4v) is 2.41. The van der Waals surface area contributed by atoms with E-state index in [2.05, 4.69) is 41.1 Å². The Labute approximate surface area is 127 Å². The second-order valence-electron chi connectivity index (χ2n) is 5.01. The van der Waals surface area contributed by atoms with Gasteiger partial charge in [-0.1, -0.05) is 12.1 Å². The molecule has 0 spiro atoms. The van der Waals surface area contributed by atoms with E-state index in [4.69, 9.17) is 14.2 Å². The molecule has 0 saturated carbocycles. The zero-order valence-electron chi connectivity index (χ0n) is 13.1. The molecule has 1 aromatic carbocycles. The van der Waals surface area contributed by atoms with Gasteiger partial charge in [-0.3, -0.25) is 0 Å². The van der Waals surface area contributed by atoms with Crippen molar-refractivity contribution in [2.75, 3.05) is 69.7 Å². The summed E-state index contributed by atoms with van der Waals surface area (Å²) in [5.74, 6) is 0. The van der Waals surface area contributed by atoms with E-state index in [1.165, 1.54) is 11.4 Å². The molecule has 0 saturated heterocycles. The SMILES string of the molecule is CCOCCOCCOCCN1CN(C)c2ccccc21. The molecule has 118 valence electrons. The topological polar surface area (TPSA) is 34.2 Å². The lowest BCUT2D eigenvalue weighted by atomic mass is 10.2. The summed E-state index contributed by atoms with van der Waals surface area (Å²) in [6, 6.07) is 8.48. The first-order valence-electron chi connectivity index (χ1n) is 7.61. The molecular formula is C16H26N2O3. The third kappa shape index (κ3) is 4.88. The molecule has 0 unspecified atom stereocenters. The molecule has 0 atom stereocenters. The summed E-state index contributed by atoms with van der Waals surface area (Å²) in [7, 11) is 2.12. The Morgan fingerprint density at radius 2 is 1.52 bits per heavy atom. The summed E-state index contributed by atoms with van der Waals surface area (Å²) in [6.07, 6.45) is 0. The third-order valence-corrected chi connectivity index (χ3v) is 3.47. The van der Waals surface area contributed by atoms with Crippen LogP contribution < -0.4 is 9.80 Å². The van der Waals surface area contributed by atoms with E-state index in [1.807, 2.05) is 6.92 Å². The first-order valence-corrected chi connectivity index (χ1v) is 7.61. The van der Waals surface area contributed by atoms with E-state index >= 15 is 0 Å². The normalized spacial score (nSPS) is 13.8. The van der Waals surface area contributed by atoms with E-state index in [1.54, 1.807) is 0 Å². The fourth-order valence-electron chi connectivity index (χ4n) is 2.41. The van der Waals surface area contributed by atoms with Crippen LogP contribution in [0, 0.1) is 0 Å². The maximum absolute atomic E-state index is 5.63. The lowest BCUT2D eigenvalue weighted by molar-refractivity contribution is 0.0183. The summed E-state index contributed by atoms with van der Waals surface area (Å²) in [5.41, 5.74) is 2.58. The van der Waals surface area contributed by atoms with Crippen LogP contribution in [0.2, 0.25) is 0 Å². The number of hydrogen-bond donors (Lipinski definition) is 0. The van der Waals surface area contributed by atoms with Crippen LogP contribution in [0.4, 0.5) is 11.4 Å². The van der Waals surface area contributed by atoms with Gasteiger partial charge < -0.3 is 24.0 Å². The highest BCUT2D eigenvalue weighted by atomic mass is 16.5. The zero-order chi connectivity index (χ0) is 14.9. The minimum atomic E-state index is 0.629. The van der Waals surface area contributed by atoms with Crippen LogP contribution >= 0.6 is 0 Å². The molecule has 0 N–H and O–H groups in total. The summed E-state index contributed by atoms with van der Waals surface area (Å²) in [6.45, 7) is 7.84. The molecule has 5 nitrogen and oxygen atoms in total. The Bertz CT molecular complexity index is 414. The van der Waals surface area contributed by atoms with Crippen molar-refractivity contribution in [3.63, 3.8) is 0 Å². The van der Waals surface area contributed by atoms with Crippen molar-refractivity contribution >= 4 is 11.4 Å². The van der Waals surface area contributed by atoms with Crippen LogP contribution in [0.3, 0.4) is 0 Å². The second kappa shape index (κ2) is 8.87. The van der Waals surface area contributed by atoms with Gasteiger partial charge in [0, 0.05) is 20.2 Å². The number of rotatable bonds is 10. The van der Waals surface area contributed by atoms with Crippen molar-refractivity contribution in [1.29, 1.82) is 0 Å². The van der Waals surface area contributed by atoms with Crippen molar-refractivity contribution < 1.29 is 14.2 Å². The maximum atomic E-state index is 5.63. The van der Waals surface area contributed by atoms with Crippen LogP contribution in [0.25, 0.3) is 0 Å². The quantitative estimate of drug-likeness (QED) is 0.616. The number of hydrogen-bond acceptors (Lipinski definition) is 5. The first kappa shape index (κ1) is 16.1. The van der Waals surface area contributed by atoms with Gasteiger partial charge in [0.05, 0.1) is 51.1 Å². The van der Waals surface area contributed by atoms with Crippen LogP contribution in [-0.4, -0.2) is 59.9 Å². The highest BCUT2D eigenvalue weighted by Gasteiger charge is 2.21. The predicted molar refractivity (Wildman–Crippen MR) is 85.2 cm³/mol. The minimum Gasteiger partial charge on any atom is -0.379 e. The molecule has 0 amide bonds. The molecule has 1 aromatic rings. The van der Waals surface area contributed by atoms with E-state index in [-0.39, 0.29) is 0 Å². The largest absolute Gasteiger partial charge is 0.379 e. The predicted octanol–water partition coefficient (Wildman–Crippen LogP) is 1.97. The van der Waals surface area contributed by atoms with E-state index in [0.29, 0.717) is 26.4 Å². The average molecular weight is 294 g/mol. The number of nitrogens with zero attached hydrogens (tertiary/aromatic N) is 2. The monoisotopic (exact) mass is 294 g/mol. The Hall–Kier alpha value is -1.30. The van der Waals surface area contributed by atoms with Gasteiger partial charge in [-0.2, -0.15) is 0 Å². The van der Waals surface area contributed by atoms with Gasteiger partial charge in [-0.15, -0.1) is 0 Å². The number of anilines is 2. The van der Waals surface area contributed by atoms with Gasteiger partial charge in [0.25, 0.3) is 0 Å². The van der Waals surface area contributed by atoms with Gasteiger partial charge in [0.15, 0.2) is 0 Å². The Kier molecular flexibility index (Phi) is 6.79.